The summed E-state index contributed by atoms with van der Waals surface area (Å²) in [5.41, 5.74) is 3.05. The average molecular weight is 372 g/mol. The van der Waals surface area contributed by atoms with E-state index in [4.69, 9.17) is 4.74 Å². The maximum absolute atomic E-state index is 12.1. The van der Waals surface area contributed by atoms with Gasteiger partial charge in [0.25, 0.3) is 5.91 Å². The number of amides is 2. The van der Waals surface area contributed by atoms with Crippen molar-refractivity contribution in [3.05, 3.63) is 53.6 Å². The van der Waals surface area contributed by atoms with Crippen molar-refractivity contribution in [1.29, 1.82) is 0 Å². The summed E-state index contributed by atoms with van der Waals surface area (Å²) >= 11 is 1.53. The predicted molar refractivity (Wildman–Crippen MR) is 106 cm³/mol. The number of carbonyl (C=O) groups is 2. The number of aryl methyl sites for hydroxylation is 2. The van der Waals surface area contributed by atoms with Gasteiger partial charge in [0.05, 0.1) is 5.75 Å². The molecule has 2 rings (SSSR count). The topological polar surface area (TPSA) is 67.4 Å². The van der Waals surface area contributed by atoms with E-state index in [-0.39, 0.29) is 18.4 Å². The van der Waals surface area contributed by atoms with Crippen LogP contribution in [0.2, 0.25) is 0 Å². The van der Waals surface area contributed by atoms with Gasteiger partial charge in [-0.3, -0.25) is 9.59 Å². The number of rotatable bonds is 8. The van der Waals surface area contributed by atoms with Crippen LogP contribution in [-0.4, -0.2) is 30.7 Å². The highest BCUT2D eigenvalue weighted by molar-refractivity contribution is 8.00. The Kier molecular flexibility index (Phi) is 7.53. The highest BCUT2D eigenvalue weighted by Crippen LogP contribution is 2.24. The van der Waals surface area contributed by atoms with Gasteiger partial charge in [0.15, 0.2) is 6.61 Å². The first kappa shape index (κ1) is 19.8. The molecule has 6 heteroatoms. The van der Waals surface area contributed by atoms with E-state index in [0.717, 1.165) is 4.90 Å². The fourth-order valence-electron chi connectivity index (χ4n) is 2.23. The first-order valence-corrected chi connectivity index (χ1v) is 9.46. The maximum atomic E-state index is 12.1. The van der Waals surface area contributed by atoms with Crippen LogP contribution in [0, 0.1) is 13.8 Å². The number of anilines is 1. The molecule has 0 atom stereocenters. The third-order valence-electron chi connectivity index (χ3n) is 3.58. The lowest BCUT2D eigenvalue weighted by Gasteiger charge is -2.09. The molecule has 2 N–H and O–H groups in total. The van der Waals surface area contributed by atoms with Crippen molar-refractivity contribution in [3.8, 4) is 5.75 Å². The van der Waals surface area contributed by atoms with Crippen LogP contribution in [0.4, 0.5) is 5.69 Å². The van der Waals surface area contributed by atoms with Gasteiger partial charge in [-0.15, -0.1) is 11.8 Å². The summed E-state index contributed by atoms with van der Waals surface area (Å²) in [7, 11) is 0. The Bertz CT molecular complexity index is 760. The molecule has 0 aromatic heterocycles. The molecule has 138 valence electrons. The van der Waals surface area contributed by atoms with Crippen molar-refractivity contribution in [3.63, 3.8) is 0 Å². The van der Waals surface area contributed by atoms with Crippen LogP contribution < -0.4 is 15.4 Å². The van der Waals surface area contributed by atoms with Gasteiger partial charge in [0, 0.05) is 17.1 Å². The summed E-state index contributed by atoms with van der Waals surface area (Å²) < 4.78 is 5.38. The van der Waals surface area contributed by atoms with Crippen LogP contribution in [0.25, 0.3) is 0 Å². The zero-order valence-electron chi connectivity index (χ0n) is 15.3. The number of benzene rings is 2. The Balaban J connectivity index is 1.81. The second kappa shape index (κ2) is 9.87. The first-order chi connectivity index (χ1) is 12.5. The Hall–Kier alpha value is -2.47. The molecule has 2 aromatic rings. The molecule has 0 unspecified atom stereocenters. The fraction of sp³-hybridized carbons (Fsp3) is 0.300. The molecule has 2 aromatic carbocycles. The minimum absolute atomic E-state index is 0.0218. The molecule has 5 nitrogen and oxygen atoms in total. The molecular formula is C20H24N2O3S. The number of hydrogen-bond donors (Lipinski definition) is 2. The van der Waals surface area contributed by atoms with Crippen LogP contribution in [0.3, 0.4) is 0 Å². The van der Waals surface area contributed by atoms with Crippen molar-refractivity contribution in [2.24, 2.45) is 0 Å². The molecule has 0 aliphatic rings. The van der Waals surface area contributed by atoms with E-state index in [9.17, 15) is 9.59 Å². The average Bonchev–Trinajstić information content (AvgIpc) is 2.62. The second-order valence-corrected chi connectivity index (χ2v) is 6.89. The van der Waals surface area contributed by atoms with Crippen LogP contribution >= 0.6 is 11.8 Å². The number of carbonyl (C=O) groups excluding carboxylic acids is 2. The summed E-state index contributed by atoms with van der Waals surface area (Å²) in [5.74, 6) is 0.707. The van der Waals surface area contributed by atoms with Crippen molar-refractivity contribution in [1.82, 2.24) is 5.32 Å². The van der Waals surface area contributed by atoms with Crippen LogP contribution in [-0.2, 0) is 9.59 Å². The summed E-state index contributed by atoms with van der Waals surface area (Å²) in [6.45, 7) is 6.49. The molecular weight excluding hydrogens is 348 g/mol. The van der Waals surface area contributed by atoms with E-state index in [1.165, 1.54) is 22.9 Å². The molecule has 0 saturated heterocycles. The fourth-order valence-corrected chi connectivity index (χ4v) is 3.16. The third-order valence-corrected chi connectivity index (χ3v) is 4.74. The zero-order valence-corrected chi connectivity index (χ0v) is 16.1. The number of nitrogens with one attached hydrogen (secondary N) is 2. The number of hydrogen-bond acceptors (Lipinski definition) is 4. The van der Waals surface area contributed by atoms with E-state index in [2.05, 4.69) is 28.8 Å². The van der Waals surface area contributed by atoms with Gasteiger partial charge in [-0.1, -0.05) is 17.7 Å². The highest BCUT2D eigenvalue weighted by atomic mass is 32.2. The number of likely N-dealkylation sites (N-methyl/N-ethyl adjacent to an activating group) is 1. The third kappa shape index (κ3) is 6.44. The van der Waals surface area contributed by atoms with E-state index < -0.39 is 0 Å². The van der Waals surface area contributed by atoms with Crippen molar-refractivity contribution in [2.45, 2.75) is 25.7 Å². The second-order valence-electron chi connectivity index (χ2n) is 5.87. The quantitative estimate of drug-likeness (QED) is 0.696. The minimum atomic E-state index is -0.159. The van der Waals surface area contributed by atoms with Crippen LogP contribution in [0.15, 0.2) is 47.4 Å². The Labute approximate surface area is 158 Å². The molecule has 0 aliphatic heterocycles. The molecule has 0 fully saturated rings. The lowest BCUT2D eigenvalue weighted by Crippen LogP contribution is -2.28. The van der Waals surface area contributed by atoms with Gasteiger partial charge in [-0.25, -0.2) is 0 Å². The van der Waals surface area contributed by atoms with E-state index in [0.29, 0.717) is 23.7 Å². The van der Waals surface area contributed by atoms with E-state index in [1.807, 2.05) is 20.8 Å². The largest absolute Gasteiger partial charge is 0.484 e. The normalized spacial score (nSPS) is 10.3. The Morgan fingerprint density at radius 1 is 1.04 bits per heavy atom. The zero-order chi connectivity index (χ0) is 18.9. The lowest BCUT2D eigenvalue weighted by molar-refractivity contribution is -0.123. The molecule has 0 radical (unpaired) electrons. The van der Waals surface area contributed by atoms with E-state index in [1.54, 1.807) is 24.3 Å². The Morgan fingerprint density at radius 2 is 1.77 bits per heavy atom. The van der Waals surface area contributed by atoms with E-state index >= 15 is 0 Å². The van der Waals surface area contributed by atoms with Gasteiger partial charge in [0.2, 0.25) is 5.91 Å². The van der Waals surface area contributed by atoms with Gasteiger partial charge in [-0.2, -0.15) is 0 Å². The van der Waals surface area contributed by atoms with Crippen molar-refractivity contribution in [2.75, 3.05) is 24.2 Å². The molecule has 2 amide bonds. The maximum Gasteiger partial charge on any atom is 0.257 e. The predicted octanol–water partition coefficient (Wildman–Crippen LogP) is 3.55. The molecule has 0 bridgehead atoms. The number of thioether (sulfide) groups is 1. The SMILES string of the molecule is CCNC(=O)COc1ccc(NC(=O)CSc2cc(C)ccc2C)cc1. The summed E-state index contributed by atoms with van der Waals surface area (Å²) in [6.07, 6.45) is 0. The van der Waals surface area contributed by atoms with Crippen molar-refractivity contribution >= 4 is 29.3 Å². The molecule has 0 heterocycles. The smallest absolute Gasteiger partial charge is 0.257 e. The summed E-state index contributed by atoms with van der Waals surface area (Å²) in [4.78, 5) is 24.6. The Morgan fingerprint density at radius 3 is 2.46 bits per heavy atom. The minimum Gasteiger partial charge on any atom is -0.484 e. The van der Waals surface area contributed by atoms with Crippen molar-refractivity contribution < 1.29 is 14.3 Å². The van der Waals surface area contributed by atoms with Gasteiger partial charge in [-0.05, 0) is 56.7 Å². The number of ether oxygens (including phenoxy) is 1. The molecule has 0 saturated carbocycles. The highest BCUT2D eigenvalue weighted by Gasteiger charge is 2.07. The van der Waals surface area contributed by atoms with Crippen LogP contribution in [0.1, 0.15) is 18.1 Å². The molecule has 0 aliphatic carbocycles. The lowest BCUT2D eigenvalue weighted by atomic mass is 10.2. The van der Waals surface area contributed by atoms with Crippen LogP contribution in [0.5, 0.6) is 5.75 Å². The first-order valence-electron chi connectivity index (χ1n) is 8.47. The van der Waals surface area contributed by atoms with Gasteiger partial charge >= 0.3 is 0 Å². The monoisotopic (exact) mass is 372 g/mol. The summed E-state index contributed by atoms with van der Waals surface area (Å²) in [5, 5.41) is 5.53. The van der Waals surface area contributed by atoms with Gasteiger partial charge in [0.1, 0.15) is 5.75 Å². The molecule has 0 spiro atoms. The standard InChI is InChI=1S/C20H24N2O3S/c1-4-21-19(23)12-25-17-9-7-16(8-10-17)22-20(24)13-26-18-11-14(2)5-6-15(18)3/h5-11H,4,12-13H2,1-3H3,(H,21,23)(H,22,24). The summed E-state index contributed by atoms with van der Waals surface area (Å²) in [6, 6.07) is 13.2. The molecule has 26 heavy (non-hydrogen) atoms. The van der Waals surface area contributed by atoms with Gasteiger partial charge < -0.3 is 15.4 Å².